The Morgan fingerprint density at radius 1 is 1.47 bits per heavy atom. The zero-order chi connectivity index (χ0) is 11.7. The Kier molecular flexibility index (Phi) is 2.78. The number of anilines is 1. The number of carbonyl (C=O) groups is 1. The summed E-state index contributed by atoms with van der Waals surface area (Å²) in [5, 5.41) is 9.44. The minimum Gasteiger partial charge on any atom is -0.493 e. The fraction of sp³-hybridized carbons (Fsp3) is 0.444. The van der Waals surface area contributed by atoms with E-state index in [0.717, 1.165) is 0 Å². The third-order valence-electron chi connectivity index (χ3n) is 2.00. The van der Waals surface area contributed by atoms with Gasteiger partial charge in [0, 0.05) is 21.1 Å². The first-order valence-corrected chi connectivity index (χ1v) is 4.34. The molecule has 0 saturated carbocycles. The topological polar surface area (TPSA) is 75.4 Å². The van der Waals surface area contributed by atoms with E-state index in [2.05, 4.69) is 4.98 Å². The van der Waals surface area contributed by atoms with Crippen molar-refractivity contribution in [2.45, 2.75) is 6.92 Å². The molecule has 0 radical (unpaired) electrons. The van der Waals surface area contributed by atoms with Crippen LogP contribution in [0.25, 0.3) is 0 Å². The van der Waals surface area contributed by atoms with Crippen molar-refractivity contribution in [3.63, 3.8) is 0 Å². The molecule has 6 nitrogen and oxygen atoms in total. The second-order valence-corrected chi connectivity index (χ2v) is 3.43. The fourth-order valence-electron chi connectivity index (χ4n) is 1.29. The fourth-order valence-corrected chi connectivity index (χ4v) is 1.29. The standard InChI is InChI=1S/C9H13N3O3/c1-5(13)6-7(14)10-9(11(2)3)12(4)8(6)15/h14H,1-4H3. The molecule has 0 bridgehead atoms. The Labute approximate surface area is 86.8 Å². The van der Waals surface area contributed by atoms with E-state index in [-0.39, 0.29) is 5.56 Å². The van der Waals surface area contributed by atoms with Crippen LogP contribution in [0.4, 0.5) is 5.95 Å². The summed E-state index contributed by atoms with van der Waals surface area (Å²) in [7, 11) is 4.87. The van der Waals surface area contributed by atoms with E-state index in [0.29, 0.717) is 5.95 Å². The van der Waals surface area contributed by atoms with Crippen LogP contribution in [0.1, 0.15) is 17.3 Å². The van der Waals surface area contributed by atoms with Crippen molar-refractivity contribution < 1.29 is 9.90 Å². The van der Waals surface area contributed by atoms with Crippen LogP contribution in [0.2, 0.25) is 0 Å². The lowest BCUT2D eigenvalue weighted by Gasteiger charge is -2.15. The van der Waals surface area contributed by atoms with E-state index in [1.54, 1.807) is 19.0 Å². The van der Waals surface area contributed by atoms with Crippen LogP contribution in [0.5, 0.6) is 5.88 Å². The molecule has 0 fully saturated rings. The zero-order valence-corrected chi connectivity index (χ0v) is 9.11. The third kappa shape index (κ3) is 1.83. The first-order chi connectivity index (χ1) is 6.86. The number of carbonyl (C=O) groups excluding carboxylic acids is 1. The molecule has 0 aliphatic heterocycles. The van der Waals surface area contributed by atoms with E-state index >= 15 is 0 Å². The van der Waals surface area contributed by atoms with Crippen LogP contribution >= 0.6 is 0 Å². The van der Waals surface area contributed by atoms with Gasteiger partial charge < -0.3 is 10.0 Å². The van der Waals surface area contributed by atoms with Gasteiger partial charge in [-0.1, -0.05) is 0 Å². The molecule has 0 unspecified atom stereocenters. The molecule has 1 heterocycles. The Hall–Kier alpha value is -1.85. The van der Waals surface area contributed by atoms with Crippen molar-refractivity contribution in [3.8, 4) is 5.88 Å². The number of aromatic hydroxyl groups is 1. The molecule has 0 atom stereocenters. The normalized spacial score (nSPS) is 10.1. The van der Waals surface area contributed by atoms with Crippen molar-refractivity contribution >= 4 is 11.7 Å². The van der Waals surface area contributed by atoms with E-state index in [4.69, 9.17) is 0 Å². The average molecular weight is 211 g/mol. The minimum atomic E-state index is -0.543. The Bertz CT molecular complexity index is 462. The quantitative estimate of drug-likeness (QED) is 0.683. The number of Topliss-reactive ketones (excluding diaryl/α,β-unsaturated/α-hetero) is 1. The van der Waals surface area contributed by atoms with Crippen molar-refractivity contribution in [1.82, 2.24) is 9.55 Å². The maximum absolute atomic E-state index is 11.7. The van der Waals surface area contributed by atoms with Crippen molar-refractivity contribution in [3.05, 3.63) is 15.9 Å². The molecule has 0 aliphatic rings. The van der Waals surface area contributed by atoms with Gasteiger partial charge in [-0.15, -0.1) is 0 Å². The smallest absolute Gasteiger partial charge is 0.269 e. The second-order valence-electron chi connectivity index (χ2n) is 3.43. The molecular formula is C9H13N3O3. The summed E-state index contributed by atoms with van der Waals surface area (Å²) in [4.78, 5) is 28.1. The lowest BCUT2D eigenvalue weighted by molar-refractivity contribution is 0.101. The first kappa shape index (κ1) is 11.2. The van der Waals surface area contributed by atoms with Crippen LogP contribution in [0.3, 0.4) is 0 Å². The SMILES string of the molecule is CC(=O)c1c(O)nc(N(C)C)n(C)c1=O. The van der Waals surface area contributed by atoms with Crippen LogP contribution < -0.4 is 10.5 Å². The summed E-state index contributed by atoms with van der Waals surface area (Å²) in [5.74, 6) is -0.720. The van der Waals surface area contributed by atoms with E-state index < -0.39 is 17.2 Å². The summed E-state index contributed by atoms with van der Waals surface area (Å²) in [6.07, 6.45) is 0. The number of ketones is 1. The molecule has 1 aromatic rings. The van der Waals surface area contributed by atoms with Crippen molar-refractivity contribution in [1.29, 1.82) is 0 Å². The van der Waals surface area contributed by atoms with Gasteiger partial charge in [0.15, 0.2) is 5.78 Å². The molecule has 15 heavy (non-hydrogen) atoms. The van der Waals surface area contributed by atoms with Crippen LogP contribution in [0, 0.1) is 0 Å². The highest BCUT2D eigenvalue weighted by atomic mass is 16.3. The lowest BCUT2D eigenvalue weighted by Crippen LogP contribution is -2.29. The number of hydrogen-bond donors (Lipinski definition) is 1. The summed E-state index contributed by atoms with van der Waals surface area (Å²) < 4.78 is 1.22. The number of rotatable bonds is 2. The molecule has 1 rings (SSSR count). The predicted molar refractivity (Wildman–Crippen MR) is 55.5 cm³/mol. The zero-order valence-electron chi connectivity index (χ0n) is 9.11. The summed E-state index contributed by atoms with van der Waals surface area (Å²) in [6.45, 7) is 1.22. The molecule has 1 N–H and O–H groups in total. The minimum absolute atomic E-state index is 0.275. The monoisotopic (exact) mass is 211 g/mol. The second kappa shape index (κ2) is 3.72. The van der Waals surface area contributed by atoms with Gasteiger partial charge in [-0.2, -0.15) is 4.98 Å². The maximum Gasteiger partial charge on any atom is 0.269 e. The highest BCUT2D eigenvalue weighted by Crippen LogP contribution is 2.14. The number of hydrogen-bond acceptors (Lipinski definition) is 5. The first-order valence-electron chi connectivity index (χ1n) is 4.34. The van der Waals surface area contributed by atoms with Gasteiger partial charge >= 0.3 is 0 Å². The van der Waals surface area contributed by atoms with Crippen molar-refractivity contribution in [2.24, 2.45) is 7.05 Å². The van der Waals surface area contributed by atoms with Gasteiger partial charge in [0.05, 0.1) is 0 Å². The van der Waals surface area contributed by atoms with Gasteiger partial charge in [-0.25, -0.2) is 0 Å². The average Bonchev–Trinajstić information content (AvgIpc) is 2.10. The van der Waals surface area contributed by atoms with Gasteiger partial charge in [0.1, 0.15) is 5.56 Å². The Morgan fingerprint density at radius 2 is 2.00 bits per heavy atom. The van der Waals surface area contributed by atoms with E-state index in [9.17, 15) is 14.7 Å². The molecule has 0 aromatic carbocycles. The van der Waals surface area contributed by atoms with Crippen LogP contribution in [-0.2, 0) is 7.05 Å². The molecule has 82 valence electrons. The maximum atomic E-state index is 11.7. The van der Waals surface area contributed by atoms with Crippen LogP contribution in [0.15, 0.2) is 4.79 Å². The van der Waals surface area contributed by atoms with E-state index in [1.165, 1.54) is 18.5 Å². The largest absolute Gasteiger partial charge is 0.493 e. The van der Waals surface area contributed by atoms with E-state index in [1.807, 2.05) is 0 Å². The molecule has 0 amide bonds. The molecule has 1 aromatic heterocycles. The summed E-state index contributed by atoms with van der Waals surface area (Å²) >= 11 is 0. The summed E-state index contributed by atoms with van der Waals surface area (Å²) in [5.41, 5.74) is -0.818. The Balaban J connectivity index is 3.59. The molecule has 0 aliphatic carbocycles. The van der Waals surface area contributed by atoms with Gasteiger partial charge in [0.25, 0.3) is 5.56 Å². The highest BCUT2D eigenvalue weighted by Gasteiger charge is 2.18. The lowest BCUT2D eigenvalue weighted by atomic mass is 10.2. The van der Waals surface area contributed by atoms with Gasteiger partial charge in [-0.3, -0.25) is 14.2 Å². The number of aromatic nitrogens is 2. The molecule has 0 spiro atoms. The predicted octanol–water partition coefficient (Wildman–Crippen LogP) is -0.246. The van der Waals surface area contributed by atoms with Crippen molar-refractivity contribution in [2.75, 3.05) is 19.0 Å². The molecular weight excluding hydrogens is 198 g/mol. The van der Waals surface area contributed by atoms with Crippen LogP contribution in [-0.4, -0.2) is 34.5 Å². The van der Waals surface area contributed by atoms with Gasteiger partial charge in [-0.05, 0) is 6.92 Å². The number of nitrogens with zero attached hydrogens (tertiary/aromatic N) is 3. The highest BCUT2D eigenvalue weighted by molar-refractivity contribution is 5.95. The molecule has 6 heteroatoms. The Morgan fingerprint density at radius 3 is 2.40 bits per heavy atom. The third-order valence-corrected chi connectivity index (χ3v) is 2.00. The summed E-state index contributed by atoms with van der Waals surface area (Å²) in [6, 6.07) is 0. The molecule has 0 saturated heterocycles. The van der Waals surface area contributed by atoms with Gasteiger partial charge in [0.2, 0.25) is 11.8 Å².